The molecule has 4 nitrogen and oxygen atoms in total. The van der Waals surface area contributed by atoms with E-state index in [-0.39, 0.29) is 5.92 Å². The van der Waals surface area contributed by atoms with Gasteiger partial charge in [0.25, 0.3) is 0 Å². The van der Waals surface area contributed by atoms with E-state index in [0.29, 0.717) is 13.2 Å². The Balaban J connectivity index is 2.12. The normalized spacial score (nSPS) is 34.6. The monoisotopic (exact) mass is 199 g/mol. The Morgan fingerprint density at radius 3 is 2.64 bits per heavy atom. The van der Waals surface area contributed by atoms with E-state index in [1.54, 1.807) is 0 Å². The summed E-state index contributed by atoms with van der Waals surface area (Å²) in [4.78, 5) is 11.3. The molecule has 2 aliphatic heterocycles. The Kier molecular flexibility index (Phi) is 2.74. The van der Waals surface area contributed by atoms with Crippen LogP contribution in [0.4, 0.5) is 0 Å². The molecule has 0 aliphatic carbocycles. The molecule has 2 heterocycles. The van der Waals surface area contributed by atoms with Gasteiger partial charge in [-0.15, -0.1) is 0 Å². The fraction of sp³-hybridized carbons (Fsp3) is 0.900. The summed E-state index contributed by atoms with van der Waals surface area (Å²) in [5.41, 5.74) is -0.649. The molecule has 2 aliphatic rings. The molecule has 2 saturated heterocycles. The highest BCUT2D eigenvalue weighted by Crippen LogP contribution is 2.34. The van der Waals surface area contributed by atoms with Crippen molar-refractivity contribution in [3.05, 3.63) is 0 Å². The van der Waals surface area contributed by atoms with E-state index in [9.17, 15) is 9.90 Å². The summed E-state index contributed by atoms with van der Waals surface area (Å²) in [7, 11) is 0. The van der Waals surface area contributed by atoms with E-state index in [1.807, 2.05) is 0 Å². The van der Waals surface area contributed by atoms with E-state index in [1.165, 1.54) is 0 Å². The highest BCUT2D eigenvalue weighted by atomic mass is 16.5. The number of aliphatic carboxylic acids is 1. The predicted octanol–water partition coefficient (Wildman–Crippen LogP) is 0.620. The van der Waals surface area contributed by atoms with Gasteiger partial charge in [0.05, 0.1) is 0 Å². The van der Waals surface area contributed by atoms with Crippen LogP contribution in [0, 0.1) is 5.92 Å². The number of rotatable bonds is 2. The molecule has 2 fully saturated rings. The van der Waals surface area contributed by atoms with Crippen molar-refractivity contribution in [3.8, 4) is 0 Å². The standard InChI is InChI=1S/C10H17NO3/c12-9(13)10(4-1-5-11-10)8-2-6-14-7-3-8/h8,11H,1-7H2,(H,12,13). The maximum absolute atomic E-state index is 11.3. The van der Waals surface area contributed by atoms with Gasteiger partial charge in [-0.3, -0.25) is 4.79 Å². The summed E-state index contributed by atoms with van der Waals surface area (Å²) in [5, 5.41) is 12.5. The molecule has 0 aromatic heterocycles. The van der Waals surface area contributed by atoms with Crippen molar-refractivity contribution in [2.75, 3.05) is 19.8 Å². The van der Waals surface area contributed by atoms with Crippen LogP contribution in [-0.2, 0) is 9.53 Å². The molecule has 0 saturated carbocycles. The number of hydrogen-bond acceptors (Lipinski definition) is 3. The van der Waals surface area contributed by atoms with Gasteiger partial charge in [-0.25, -0.2) is 0 Å². The maximum atomic E-state index is 11.3. The topological polar surface area (TPSA) is 58.6 Å². The molecule has 1 unspecified atom stereocenters. The van der Waals surface area contributed by atoms with Crippen LogP contribution in [0.5, 0.6) is 0 Å². The molecule has 0 spiro atoms. The Bertz CT molecular complexity index is 217. The highest BCUT2D eigenvalue weighted by molar-refractivity contribution is 5.79. The van der Waals surface area contributed by atoms with Gasteiger partial charge in [-0.05, 0) is 38.1 Å². The second-order valence-electron chi connectivity index (χ2n) is 4.19. The molecule has 80 valence electrons. The van der Waals surface area contributed by atoms with E-state index < -0.39 is 11.5 Å². The lowest BCUT2D eigenvalue weighted by molar-refractivity contribution is -0.148. The van der Waals surface area contributed by atoms with Gasteiger partial charge in [0.15, 0.2) is 0 Å². The van der Waals surface area contributed by atoms with Crippen LogP contribution in [0.3, 0.4) is 0 Å². The molecule has 2 N–H and O–H groups in total. The van der Waals surface area contributed by atoms with Gasteiger partial charge in [0.1, 0.15) is 5.54 Å². The summed E-state index contributed by atoms with van der Waals surface area (Å²) in [5.74, 6) is -0.432. The minimum Gasteiger partial charge on any atom is -0.480 e. The average Bonchev–Trinajstić information content (AvgIpc) is 2.69. The van der Waals surface area contributed by atoms with Crippen molar-refractivity contribution in [1.29, 1.82) is 0 Å². The molecular weight excluding hydrogens is 182 g/mol. The molecule has 0 amide bonds. The lowest BCUT2D eigenvalue weighted by atomic mass is 9.78. The first-order valence-corrected chi connectivity index (χ1v) is 5.32. The Morgan fingerprint density at radius 2 is 2.14 bits per heavy atom. The van der Waals surface area contributed by atoms with Crippen molar-refractivity contribution in [2.24, 2.45) is 5.92 Å². The third-order valence-electron chi connectivity index (χ3n) is 3.49. The number of hydrogen-bond donors (Lipinski definition) is 2. The molecule has 1 atom stereocenters. The number of nitrogens with one attached hydrogen (secondary N) is 1. The van der Waals surface area contributed by atoms with Gasteiger partial charge in [-0.2, -0.15) is 0 Å². The highest BCUT2D eigenvalue weighted by Gasteiger charge is 2.47. The Morgan fingerprint density at radius 1 is 1.43 bits per heavy atom. The Labute approximate surface area is 83.6 Å². The zero-order valence-corrected chi connectivity index (χ0v) is 8.29. The SMILES string of the molecule is O=C(O)C1(C2CCOCC2)CCCN1. The summed E-state index contributed by atoms with van der Waals surface area (Å²) < 4.78 is 5.26. The first kappa shape index (κ1) is 9.93. The quantitative estimate of drug-likeness (QED) is 0.684. The van der Waals surface area contributed by atoms with Crippen molar-refractivity contribution in [1.82, 2.24) is 5.32 Å². The second kappa shape index (κ2) is 3.87. The molecule has 0 aromatic carbocycles. The van der Waals surface area contributed by atoms with E-state index in [0.717, 1.165) is 32.2 Å². The van der Waals surface area contributed by atoms with Crippen molar-refractivity contribution >= 4 is 5.97 Å². The minimum atomic E-state index is -0.679. The fourth-order valence-electron chi connectivity index (χ4n) is 2.66. The minimum absolute atomic E-state index is 0.247. The molecule has 4 heteroatoms. The predicted molar refractivity (Wildman–Crippen MR) is 51.1 cm³/mol. The van der Waals surface area contributed by atoms with Crippen LogP contribution >= 0.6 is 0 Å². The zero-order valence-electron chi connectivity index (χ0n) is 8.29. The molecule has 2 rings (SSSR count). The van der Waals surface area contributed by atoms with Gasteiger partial charge in [0.2, 0.25) is 0 Å². The Hall–Kier alpha value is -0.610. The van der Waals surface area contributed by atoms with Gasteiger partial charge in [0, 0.05) is 13.2 Å². The summed E-state index contributed by atoms with van der Waals surface area (Å²) in [6, 6.07) is 0. The lowest BCUT2D eigenvalue weighted by Crippen LogP contribution is -2.54. The van der Waals surface area contributed by atoms with Crippen LogP contribution in [-0.4, -0.2) is 36.4 Å². The van der Waals surface area contributed by atoms with Crippen molar-refractivity contribution < 1.29 is 14.6 Å². The van der Waals surface area contributed by atoms with E-state index in [2.05, 4.69) is 5.32 Å². The summed E-state index contributed by atoms with van der Waals surface area (Å²) >= 11 is 0. The second-order valence-corrected chi connectivity index (χ2v) is 4.19. The first-order valence-electron chi connectivity index (χ1n) is 5.32. The fourth-order valence-corrected chi connectivity index (χ4v) is 2.66. The summed E-state index contributed by atoms with van der Waals surface area (Å²) in [6.07, 6.45) is 3.50. The molecule has 0 radical (unpaired) electrons. The van der Waals surface area contributed by atoms with Crippen LogP contribution in [0.15, 0.2) is 0 Å². The first-order chi connectivity index (χ1) is 6.76. The van der Waals surface area contributed by atoms with Gasteiger partial charge >= 0.3 is 5.97 Å². The third-order valence-corrected chi connectivity index (χ3v) is 3.49. The van der Waals surface area contributed by atoms with Crippen LogP contribution < -0.4 is 5.32 Å². The maximum Gasteiger partial charge on any atom is 0.324 e. The molecule has 0 bridgehead atoms. The van der Waals surface area contributed by atoms with Gasteiger partial charge in [-0.1, -0.05) is 0 Å². The van der Waals surface area contributed by atoms with E-state index in [4.69, 9.17) is 4.74 Å². The molecular formula is C10H17NO3. The smallest absolute Gasteiger partial charge is 0.324 e. The van der Waals surface area contributed by atoms with Crippen molar-refractivity contribution in [3.63, 3.8) is 0 Å². The van der Waals surface area contributed by atoms with Crippen LogP contribution in [0.1, 0.15) is 25.7 Å². The van der Waals surface area contributed by atoms with Crippen molar-refractivity contribution in [2.45, 2.75) is 31.2 Å². The molecule has 0 aromatic rings. The number of carboxylic acids is 1. The summed E-state index contributed by atoms with van der Waals surface area (Å²) in [6.45, 7) is 2.26. The number of ether oxygens (including phenoxy) is 1. The van der Waals surface area contributed by atoms with Crippen LogP contribution in [0.2, 0.25) is 0 Å². The molecule has 14 heavy (non-hydrogen) atoms. The number of carboxylic acid groups (broad SMARTS) is 1. The van der Waals surface area contributed by atoms with E-state index >= 15 is 0 Å². The lowest BCUT2D eigenvalue weighted by Gasteiger charge is -2.36. The third kappa shape index (κ3) is 1.53. The number of carbonyl (C=O) groups is 1. The largest absolute Gasteiger partial charge is 0.480 e. The van der Waals surface area contributed by atoms with Gasteiger partial charge < -0.3 is 15.2 Å². The average molecular weight is 199 g/mol. The zero-order chi connectivity index (χ0) is 10.0. The van der Waals surface area contributed by atoms with Crippen LogP contribution in [0.25, 0.3) is 0 Å².